The minimum Gasteiger partial charge on any atom is -0.355 e. The molecule has 0 radical (unpaired) electrons. The minimum absolute atomic E-state index is 0.0784. The summed E-state index contributed by atoms with van der Waals surface area (Å²) < 4.78 is 29.6. The molecule has 0 spiro atoms. The van der Waals surface area contributed by atoms with Gasteiger partial charge in [-0.15, -0.1) is 10.2 Å². The summed E-state index contributed by atoms with van der Waals surface area (Å²) in [4.78, 5) is 12.5. The first-order valence-corrected chi connectivity index (χ1v) is 13.3. The van der Waals surface area contributed by atoms with Gasteiger partial charge in [0.2, 0.25) is 15.9 Å². The molecule has 3 aromatic rings. The smallest absolute Gasteiger partial charge is 0.243 e. The van der Waals surface area contributed by atoms with Crippen molar-refractivity contribution in [2.45, 2.75) is 42.0 Å². The summed E-state index contributed by atoms with van der Waals surface area (Å²) in [6.07, 6.45) is 1.76. The van der Waals surface area contributed by atoms with Gasteiger partial charge in [0, 0.05) is 30.9 Å². The second-order valence-corrected chi connectivity index (χ2v) is 11.0. The molecule has 0 unspecified atom stereocenters. The van der Waals surface area contributed by atoms with Crippen LogP contribution in [0.15, 0.2) is 64.6 Å². The van der Waals surface area contributed by atoms with Crippen molar-refractivity contribution in [3.63, 3.8) is 0 Å². The van der Waals surface area contributed by atoms with Crippen molar-refractivity contribution >= 4 is 27.7 Å². The number of benzene rings is 2. The fourth-order valence-corrected chi connectivity index (χ4v) is 6.20. The molecule has 1 aromatic heterocycles. The van der Waals surface area contributed by atoms with E-state index in [0.717, 1.165) is 18.5 Å². The summed E-state index contributed by atoms with van der Waals surface area (Å²) in [7, 11) is -3.56. The number of nitrogens with zero attached hydrogens (tertiary/aromatic N) is 4. The number of para-hydroxylation sites is 1. The number of hydrogen-bond donors (Lipinski definition) is 1. The molecule has 10 heteroatoms. The van der Waals surface area contributed by atoms with Gasteiger partial charge in [-0.05, 0) is 51.0 Å². The van der Waals surface area contributed by atoms with Crippen molar-refractivity contribution in [1.82, 2.24) is 24.4 Å². The van der Waals surface area contributed by atoms with E-state index in [1.54, 1.807) is 18.2 Å². The fourth-order valence-electron chi connectivity index (χ4n) is 3.75. The molecule has 1 atom stereocenters. The van der Waals surface area contributed by atoms with Crippen molar-refractivity contribution in [3.8, 4) is 17.1 Å². The highest BCUT2D eigenvalue weighted by atomic mass is 32.2. The van der Waals surface area contributed by atoms with E-state index in [1.165, 1.54) is 16.1 Å². The van der Waals surface area contributed by atoms with E-state index in [9.17, 15) is 13.2 Å². The van der Waals surface area contributed by atoms with Gasteiger partial charge in [-0.25, -0.2) is 8.42 Å². The Balaban J connectivity index is 1.75. The van der Waals surface area contributed by atoms with Crippen LogP contribution in [0.1, 0.15) is 26.7 Å². The molecular weight excluding hydrogens is 458 g/mol. The Morgan fingerprint density at radius 3 is 2.52 bits per heavy atom. The molecule has 1 fully saturated rings. The van der Waals surface area contributed by atoms with Gasteiger partial charge >= 0.3 is 0 Å². The SMILES string of the molecule is CCNC(=O)[C@@H](C)Sc1nnc(-c2cccc(S(=O)(=O)N3CCCC3)c2)n1-c1ccccc1. The number of carbonyl (C=O) groups is 1. The number of rotatable bonds is 8. The van der Waals surface area contributed by atoms with Crippen LogP contribution in [0, 0.1) is 0 Å². The van der Waals surface area contributed by atoms with Gasteiger partial charge in [-0.2, -0.15) is 4.31 Å². The molecule has 1 amide bonds. The number of hydrogen-bond acceptors (Lipinski definition) is 6. The van der Waals surface area contributed by atoms with Crippen molar-refractivity contribution < 1.29 is 13.2 Å². The highest BCUT2D eigenvalue weighted by Gasteiger charge is 2.28. The topological polar surface area (TPSA) is 97.2 Å². The number of sulfonamides is 1. The van der Waals surface area contributed by atoms with E-state index in [1.807, 2.05) is 54.8 Å². The highest BCUT2D eigenvalue weighted by Crippen LogP contribution is 2.31. The molecule has 2 heterocycles. The molecule has 174 valence electrons. The summed E-state index contributed by atoms with van der Waals surface area (Å²) in [6.45, 7) is 5.35. The van der Waals surface area contributed by atoms with Gasteiger partial charge < -0.3 is 5.32 Å². The van der Waals surface area contributed by atoms with Crippen LogP contribution >= 0.6 is 11.8 Å². The molecule has 0 bridgehead atoms. The Kier molecular flexibility index (Phi) is 7.16. The number of thioether (sulfide) groups is 1. The van der Waals surface area contributed by atoms with Crippen molar-refractivity contribution in [3.05, 3.63) is 54.6 Å². The standard InChI is InChI=1S/C23H27N5O3S2/c1-3-24-22(29)17(2)32-23-26-25-21(28(23)19-11-5-4-6-12-19)18-10-9-13-20(16-18)33(30,31)27-14-7-8-15-27/h4-6,9-13,16-17H,3,7-8,14-15H2,1-2H3,(H,24,29)/t17-/m1/s1. The maximum Gasteiger partial charge on any atom is 0.243 e. The van der Waals surface area contributed by atoms with Crippen molar-refractivity contribution in [1.29, 1.82) is 0 Å². The Labute approximate surface area is 198 Å². The second-order valence-electron chi connectivity index (χ2n) is 7.77. The zero-order valence-electron chi connectivity index (χ0n) is 18.6. The van der Waals surface area contributed by atoms with Crippen molar-refractivity contribution in [2.75, 3.05) is 19.6 Å². The van der Waals surface area contributed by atoms with E-state index in [4.69, 9.17) is 0 Å². The van der Waals surface area contributed by atoms with Crippen LogP contribution < -0.4 is 5.32 Å². The number of nitrogens with one attached hydrogen (secondary N) is 1. The molecule has 1 saturated heterocycles. The normalized spacial score (nSPS) is 15.5. The Bertz CT molecular complexity index is 1220. The Hall–Kier alpha value is -2.69. The van der Waals surface area contributed by atoms with Gasteiger partial charge in [0.05, 0.1) is 10.1 Å². The van der Waals surface area contributed by atoms with Gasteiger partial charge in [0.1, 0.15) is 0 Å². The monoisotopic (exact) mass is 485 g/mol. The van der Waals surface area contributed by atoms with Gasteiger partial charge in [0.15, 0.2) is 11.0 Å². The molecule has 1 aliphatic rings. The molecule has 8 nitrogen and oxygen atoms in total. The Morgan fingerprint density at radius 1 is 1.09 bits per heavy atom. The lowest BCUT2D eigenvalue weighted by Crippen LogP contribution is -2.30. The molecule has 0 saturated carbocycles. The third-order valence-electron chi connectivity index (χ3n) is 5.45. The molecular formula is C23H27N5O3S2. The predicted octanol–water partition coefficient (Wildman–Crippen LogP) is 3.34. The van der Waals surface area contributed by atoms with Gasteiger partial charge in [-0.3, -0.25) is 9.36 Å². The maximum absolute atomic E-state index is 13.1. The molecule has 1 N–H and O–H groups in total. The van der Waals surface area contributed by atoms with Gasteiger partial charge in [0.25, 0.3) is 0 Å². The number of carbonyl (C=O) groups excluding carboxylic acids is 1. The summed E-state index contributed by atoms with van der Waals surface area (Å²) in [6, 6.07) is 16.4. The predicted molar refractivity (Wildman–Crippen MR) is 129 cm³/mol. The average Bonchev–Trinajstić information content (AvgIpc) is 3.51. The first-order chi connectivity index (χ1) is 15.9. The number of amides is 1. The zero-order valence-corrected chi connectivity index (χ0v) is 20.3. The summed E-state index contributed by atoms with van der Waals surface area (Å²) in [5.74, 6) is 0.440. The van der Waals surface area contributed by atoms with E-state index < -0.39 is 10.0 Å². The molecule has 4 rings (SSSR count). The molecule has 2 aromatic carbocycles. The second kappa shape index (κ2) is 10.1. The van der Waals surface area contributed by atoms with E-state index in [0.29, 0.717) is 36.2 Å². The summed E-state index contributed by atoms with van der Waals surface area (Å²) in [5, 5.41) is 11.8. The van der Waals surface area contributed by atoms with Crippen LogP contribution in [0.2, 0.25) is 0 Å². The fraction of sp³-hybridized carbons (Fsp3) is 0.348. The maximum atomic E-state index is 13.1. The van der Waals surface area contributed by atoms with Crippen LogP contribution in [0.3, 0.4) is 0 Å². The molecule has 0 aliphatic carbocycles. The van der Waals surface area contributed by atoms with Crippen LogP contribution in [-0.2, 0) is 14.8 Å². The molecule has 1 aliphatic heterocycles. The third-order valence-corrected chi connectivity index (χ3v) is 8.38. The van der Waals surface area contributed by atoms with Crippen molar-refractivity contribution in [2.24, 2.45) is 0 Å². The van der Waals surface area contributed by atoms with E-state index in [2.05, 4.69) is 15.5 Å². The lowest BCUT2D eigenvalue weighted by molar-refractivity contribution is -0.120. The van der Waals surface area contributed by atoms with Crippen LogP contribution in [-0.4, -0.2) is 58.3 Å². The Morgan fingerprint density at radius 2 is 1.82 bits per heavy atom. The van der Waals surface area contributed by atoms with Gasteiger partial charge in [-0.1, -0.05) is 42.1 Å². The quantitative estimate of drug-likeness (QED) is 0.492. The largest absolute Gasteiger partial charge is 0.355 e. The lowest BCUT2D eigenvalue weighted by atomic mass is 10.2. The third kappa shape index (κ3) is 4.97. The zero-order chi connectivity index (χ0) is 23.4. The van der Waals surface area contributed by atoms with Crippen LogP contribution in [0.25, 0.3) is 17.1 Å². The van der Waals surface area contributed by atoms with Crippen LogP contribution in [0.4, 0.5) is 0 Å². The minimum atomic E-state index is -3.56. The highest BCUT2D eigenvalue weighted by molar-refractivity contribution is 8.00. The molecule has 33 heavy (non-hydrogen) atoms. The lowest BCUT2D eigenvalue weighted by Gasteiger charge is -2.16. The summed E-state index contributed by atoms with van der Waals surface area (Å²) >= 11 is 1.31. The number of aromatic nitrogens is 3. The average molecular weight is 486 g/mol. The first-order valence-electron chi connectivity index (χ1n) is 11.0. The van der Waals surface area contributed by atoms with E-state index in [-0.39, 0.29) is 16.1 Å². The van der Waals surface area contributed by atoms with E-state index >= 15 is 0 Å². The summed E-state index contributed by atoms with van der Waals surface area (Å²) in [5.41, 5.74) is 1.47. The first kappa shape index (κ1) is 23.5. The van der Waals surface area contributed by atoms with Crippen LogP contribution in [0.5, 0.6) is 0 Å².